The van der Waals surface area contributed by atoms with Crippen LogP contribution in [0.4, 0.5) is 10.2 Å². The number of aromatic nitrogens is 4. The van der Waals surface area contributed by atoms with Crippen molar-refractivity contribution in [2.45, 2.75) is 13.0 Å². The number of nitrogens with one attached hydrogen (secondary N) is 1. The molecule has 42 heavy (non-hydrogen) atoms. The predicted octanol–water partition coefficient (Wildman–Crippen LogP) is 5.72. The van der Waals surface area contributed by atoms with Crippen LogP contribution >= 0.6 is 0 Å². The number of anilines is 1. The quantitative estimate of drug-likeness (QED) is 0.153. The van der Waals surface area contributed by atoms with Gasteiger partial charge in [0.05, 0.1) is 16.8 Å². The van der Waals surface area contributed by atoms with Gasteiger partial charge in [0.1, 0.15) is 22.9 Å². The van der Waals surface area contributed by atoms with Gasteiger partial charge in [0, 0.05) is 24.0 Å². The predicted molar refractivity (Wildman–Crippen MR) is 161 cm³/mol. The Bertz CT molecular complexity index is 1860. The first kappa shape index (κ1) is 26.8. The van der Waals surface area contributed by atoms with Crippen molar-refractivity contribution >= 4 is 23.3 Å². The number of aldehydes is 1. The topological polar surface area (TPSA) is 119 Å². The molecule has 3 aromatic carbocycles. The van der Waals surface area contributed by atoms with Crippen LogP contribution in [0.3, 0.4) is 0 Å². The molecule has 0 fully saturated rings. The lowest BCUT2D eigenvalue weighted by atomic mass is 10.1. The van der Waals surface area contributed by atoms with Crippen molar-refractivity contribution in [1.29, 1.82) is 0 Å². The molecule has 0 bridgehead atoms. The second kappa shape index (κ2) is 11.6. The minimum Gasteiger partial charge on any atom is -0.507 e. The number of nitrogen functional groups attached to an aromatic ring is 1. The molecule has 0 atom stereocenters. The highest BCUT2D eigenvalue weighted by molar-refractivity contribution is 5.84. The summed E-state index contributed by atoms with van der Waals surface area (Å²) in [6.45, 7) is 1.15. The second-order valence-corrected chi connectivity index (χ2v) is 9.83. The molecule has 0 saturated carbocycles. The van der Waals surface area contributed by atoms with Gasteiger partial charge in [0.15, 0.2) is 17.8 Å². The third kappa shape index (κ3) is 5.33. The van der Waals surface area contributed by atoms with Crippen LogP contribution in [-0.4, -0.2) is 37.5 Å². The molecule has 4 N–H and O–H groups in total. The molecule has 0 aliphatic heterocycles. The standard InChI is InChI=1S/C33H27FN6O2/c34-27-17-22(18-30(42)26(27)20-41)14-16-36-19-21-8-10-24(11-9-21)40-32(25-7-4-15-37-31(25)35)39-29-13-12-28(38-33(29)40)23-5-2-1-3-6-23/h1-13,15,17-18,20,36,42H,14,16,19H2,(H2,35,37). The van der Waals surface area contributed by atoms with Gasteiger partial charge in [-0.3, -0.25) is 9.36 Å². The molecule has 0 unspecified atom stereocenters. The van der Waals surface area contributed by atoms with E-state index >= 15 is 0 Å². The molecule has 6 aromatic rings. The van der Waals surface area contributed by atoms with E-state index in [9.17, 15) is 14.3 Å². The Morgan fingerprint density at radius 3 is 2.48 bits per heavy atom. The summed E-state index contributed by atoms with van der Waals surface area (Å²) < 4.78 is 16.0. The van der Waals surface area contributed by atoms with Crippen LogP contribution in [0.5, 0.6) is 5.75 Å². The fraction of sp³-hybridized carbons (Fsp3) is 0.0909. The molecule has 9 heteroatoms. The van der Waals surface area contributed by atoms with Crippen LogP contribution < -0.4 is 11.1 Å². The maximum Gasteiger partial charge on any atom is 0.165 e. The van der Waals surface area contributed by atoms with Gasteiger partial charge in [-0.05, 0) is 72.6 Å². The van der Waals surface area contributed by atoms with Crippen LogP contribution in [0.1, 0.15) is 21.5 Å². The number of pyridine rings is 2. The van der Waals surface area contributed by atoms with E-state index in [2.05, 4.69) is 10.3 Å². The van der Waals surface area contributed by atoms with E-state index < -0.39 is 5.82 Å². The average molecular weight is 559 g/mol. The number of nitrogens with zero attached hydrogens (tertiary/aromatic N) is 4. The molecule has 3 heterocycles. The summed E-state index contributed by atoms with van der Waals surface area (Å²) in [5.41, 5.74) is 12.5. The van der Waals surface area contributed by atoms with Crippen LogP contribution in [0, 0.1) is 5.82 Å². The fourth-order valence-electron chi connectivity index (χ4n) is 4.91. The minimum atomic E-state index is -0.722. The number of rotatable bonds is 9. The number of carbonyl (C=O) groups excluding carboxylic acids is 1. The van der Waals surface area contributed by atoms with Crippen molar-refractivity contribution in [3.63, 3.8) is 0 Å². The Balaban J connectivity index is 1.27. The Morgan fingerprint density at radius 2 is 1.74 bits per heavy atom. The van der Waals surface area contributed by atoms with Crippen molar-refractivity contribution in [2.24, 2.45) is 0 Å². The molecular formula is C33H27FN6O2. The first-order chi connectivity index (χ1) is 20.5. The lowest BCUT2D eigenvalue weighted by Crippen LogP contribution is -2.16. The summed E-state index contributed by atoms with van der Waals surface area (Å²) >= 11 is 0. The zero-order valence-electron chi connectivity index (χ0n) is 22.5. The maximum absolute atomic E-state index is 14.0. The van der Waals surface area contributed by atoms with Crippen LogP contribution in [0.2, 0.25) is 0 Å². The molecule has 0 spiro atoms. The van der Waals surface area contributed by atoms with Gasteiger partial charge >= 0.3 is 0 Å². The number of carbonyl (C=O) groups is 1. The van der Waals surface area contributed by atoms with Crippen molar-refractivity contribution < 1.29 is 14.3 Å². The molecule has 0 amide bonds. The summed E-state index contributed by atoms with van der Waals surface area (Å²) in [6.07, 6.45) is 2.46. The van der Waals surface area contributed by atoms with Crippen molar-refractivity contribution in [3.8, 4) is 34.1 Å². The number of hydrogen-bond donors (Lipinski definition) is 3. The van der Waals surface area contributed by atoms with E-state index in [1.807, 2.05) is 83.4 Å². The van der Waals surface area contributed by atoms with Gasteiger partial charge in [-0.25, -0.2) is 19.3 Å². The number of halogens is 1. The lowest BCUT2D eigenvalue weighted by Gasteiger charge is -2.12. The van der Waals surface area contributed by atoms with Crippen molar-refractivity contribution in [3.05, 3.63) is 120 Å². The second-order valence-electron chi connectivity index (χ2n) is 9.83. The maximum atomic E-state index is 14.0. The number of imidazole rings is 1. The van der Waals surface area contributed by atoms with Gasteiger partial charge in [-0.1, -0.05) is 42.5 Å². The summed E-state index contributed by atoms with van der Waals surface area (Å²) in [5, 5.41) is 13.2. The van der Waals surface area contributed by atoms with Crippen LogP contribution in [0.25, 0.3) is 39.5 Å². The largest absolute Gasteiger partial charge is 0.507 e. The van der Waals surface area contributed by atoms with E-state index in [4.69, 9.17) is 15.7 Å². The molecule has 6 rings (SSSR count). The van der Waals surface area contributed by atoms with Crippen molar-refractivity contribution in [2.75, 3.05) is 12.3 Å². The summed E-state index contributed by atoms with van der Waals surface area (Å²) in [7, 11) is 0. The molecule has 3 aromatic heterocycles. The average Bonchev–Trinajstić information content (AvgIpc) is 3.39. The highest BCUT2D eigenvalue weighted by Gasteiger charge is 2.18. The monoisotopic (exact) mass is 558 g/mol. The number of nitrogens with two attached hydrogens (primary N) is 1. The lowest BCUT2D eigenvalue weighted by molar-refractivity contribution is 0.111. The molecule has 8 nitrogen and oxygen atoms in total. The number of fused-ring (bicyclic) bond motifs is 1. The third-order valence-electron chi connectivity index (χ3n) is 7.05. The normalized spacial score (nSPS) is 11.2. The van der Waals surface area contributed by atoms with Gasteiger partial charge in [0.2, 0.25) is 0 Å². The number of phenols is 1. The fourth-order valence-corrected chi connectivity index (χ4v) is 4.91. The molecule has 0 saturated heterocycles. The third-order valence-corrected chi connectivity index (χ3v) is 7.05. The highest BCUT2D eigenvalue weighted by Crippen LogP contribution is 2.31. The number of hydrogen-bond acceptors (Lipinski definition) is 7. The van der Waals surface area contributed by atoms with Gasteiger partial charge < -0.3 is 16.2 Å². The number of phenolic OH excluding ortho intramolecular Hbond substituents is 1. The number of benzene rings is 3. The summed E-state index contributed by atoms with van der Waals surface area (Å²) in [6, 6.07) is 28.4. The van der Waals surface area contributed by atoms with Crippen LogP contribution in [0.15, 0.2) is 97.2 Å². The highest BCUT2D eigenvalue weighted by atomic mass is 19.1. The molecule has 0 aliphatic carbocycles. The molecule has 0 radical (unpaired) electrons. The van der Waals surface area contributed by atoms with E-state index in [0.717, 1.165) is 28.0 Å². The van der Waals surface area contributed by atoms with Crippen LogP contribution in [-0.2, 0) is 13.0 Å². The Hall–Kier alpha value is -5.41. The van der Waals surface area contributed by atoms with Crippen molar-refractivity contribution in [1.82, 2.24) is 24.8 Å². The molecular weight excluding hydrogens is 531 g/mol. The smallest absolute Gasteiger partial charge is 0.165 e. The first-order valence-electron chi connectivity index (χ1n) is 13.4. The van der Waals surface area contributed by atoms with E-state index in [-0.39, 0.29) is 11.3 Å². The van der Waals surface area contributed by atoms with E-state index in [1.54, 1.807) is 6.20 Å². The first-order valence-corrected chi connectivity index (χ1v) is 13.4. The van der Waals surface area contributed by atoms with Gasteiger partial charge in [0.25, 0.3) is 0 Å². The van der Waals surface area contributed by atoms with E-state index in [1.165, 1.54) is 12.1 Å². The Kier molecular flexibility index (Phi) is 7.40. The SMILES string of the molecule is Nc1ncccc1-c1nc2ccc(-c3ccccc3)nc2n1-c1ccc(CNCCc2cc(O)c(C=O)c(F)c2)cc1. The van der Waals surface area contributed by atoms with Gasteiger partial charge in [-0.2, -0.15) is 0 Å². The molecule has 208 valence electrons. The zero-order chi connectivity index (χ0) is 29.1. The van der Waals surface area contributed by atoms with Gasteiger partial charge in [-0.15, -0.1) is 0 Å². The summed E-state index contributed by atoms with van der Waals surface area (Å²) in [4.78, 5) is 25.0. The Morgan fingerprint density at radius 1 is 0.929 bits per heavy atom. The Labute approximate surface area is 241 Å². The molecule has 0 aliphatic rings. The summed E-state index contributed by atoms with van der Waals surface area (Å²) in [5.74, 6) is -0.0387. The zero-order valence-corrected chi connectivity index (χ0v) is 22.5. The minimum absolute atomic E-state index is 0.315. The van der Waals surface area contributed by atoms with E-state index in [0.29, 0.717) is 54.2 Å². The number of aromatic hydroxyl groups is 1.